The zero-order valence-corrected chi connectivity index (χ0v) is 17.7. The third kappa shape index (κ3) is 5.18. The summed E-state index contributed by atoms with van der Waals surface area (Å²) in [5.74, 6) is 0.134. The fraction of sp³-hybridized carbons (Fsp3) is 0.174. The van der Waals surface area contributed by atoms with E-state index in [0.29, 0.717) is 23.7 Å². The van der Waals surface area contributed by atoms with E-state index in [4.69, 9.17) is 4.74 Å². The van der Waals surface area contributed by atoms with Crippen molar-refractivity contribution in [2.75, 3.05) is 22.5 Å². The largest absolute Gasteiger partial charge is 0.492 e. The molecule has 0 spiro atoms. The van der Waals surface area contributed by atoms with Crippen molar-refractivity contribution in [1.82, 2.24) is 0 Å². The first-order valence-corrected chi connectivity index (χ1v) is 11.4. The Morgan fingerprint density at radius 1 is 0.933 bits per heavy atom. The SMILES string of the molecule is CCOc1ccccc1NC(=O)c1ccccc1N(Cc1ccccc1)S(C)(=O)=O. The van der Waals surface area contributed by atoms with Crippen molar-refractivity contribution in [3.05, 3.63) is 90.0 Å². The zero-order chi connectivity index (χ0) is 21.6. The molecule has 0 bridgehead atoms. The Labute approximate surface area is 177 Å². The molecule has 1 N–H and O–H groups in total. The molecule has 0 aliphatic carbocycles. The number of ether oxygens (including phenoxy) is 1. The fourth-order valence-corrected chi connectivity index (χ4v) is 3.95. The van der Waals surface area contributed by atoms with E-state index >= 15 is 0 Å². The minimum atomic E-state index is -3.63. The Kier molecular flexibility index (Phi) is 6.74. The Bertz CT molecular complexity index is 1110. The highest BCUT2D eigenvalue weighted by molar-refractivity contribution is 7.92. The van der Waals surface area contributed by atoms with E-state index in [0.717, 1.165) is 11.8 Å². The number of carbonyl (C=O) groups is 1. The predicted molar refractivity (Wildman–Crippen MR) is 119 cm³/mol. The first-order chi connectivity index (χ1) is 14.4. The summed E-state index contributed by atoms with van der Waals surface area (Å²) in [7, 11) is -3.63. The summed E-state index contributed by atoms with van der Waals surface area (Å²) < 4.78 is 32.0. The van der Waals surface area contributed by atoms with Crippen molar-refractivity contribution in [2.24, 2.45) is 0 Å². The first kappa shape index (κ1) is 21.4. The standard InChI is InChI=1S/C23H24N2O4S/c1-3-29-22-16-10-8-14-20(22)24-23(26)19-13-7-9-15-21(19)25(30(2,27)28)17-18-11-5-4-6-12-18/h4-16H,3,17H2,1-2H3,(H,24,26). The van der Waals surface area contributed by atoms with Crippen LogP contribution in [0.15, 0.2) is 78.9 Å². The zero-order valence-electron chi connectivity index (χ0n) is 16.9. The summed E-state index contributed by atoms with van der Waals surface area (Å²) in [5.41, 5.74) is 1.91. The monoisotopic (exact) mass is 424 g/mol. The summed E-state index contributed by atoms with van der Waals surface area (Å²) in [5, 5.41) is 2.84. The molecule has 0 atom stereocenters. The molecule has 0 radical (unpaired) electrons. The van der Waals surface area contributed by atoms with Crippen LogP contribution in [0.4, 0.5) is 11.4 Å². The van der Waals surface area contributed by atoms with Gasteiger partial charge in [-0.15, -0.1) is 0 Å². The molecule has 0 aromatic heterocycles. The highest BCUT2D eigenvalue weighted by Gasteiger charge is 2.23. The Hall–Kier alpha value is -3.32. The van der Waals surface area contributed by atoms with Crippen LogP contribution in [0.2, 0.25) is 0 Å². The van der Waals surface area contributed by atoms with Crippen LogP contribution in [0, 0.1) is 0 Å². The van der Waals surface area contributed by atoms with E-state index in [9.17, 15) is 13.2 Å². The van der Waals surface area contributed by atoms with E-state index in [1.165, 1.54) is 4.31 Å². The van der Waals surface area contributed by atoms with Crippen molar-refractivity contribution < 1.29 is 17.9 Å². The van der Waals surface area contributed by atoms with Gasteiger partial charge in [0.1, 0.15) is 5.75 Å². The molecule has 3 aromatic rings. The lowest BCUT2D eigenvalue weighted by molar-refractivity contribution is 0.102. The van der Waals surface area contributed by atoms with Crippen molar-refractivity contribution in [3.8, 4) is 5.75 Å². The van der Waals surface area contributed by atoms with Crippen molar-refractivity contribution in [3.63, 3.8) is 0 Å². The molecular formula is C23H24N2O4S. The summed E-state index contributed by atoms with van der Waals surface area (Å²) in [6.45, 7) is 2.45. The topological polar surface area (TPSA) is 75.7 Å². The quantitative estimate of drug-likeness (QED) is 0.585. The maximum atomic E-state index is 13.1. The lowest BCUT2D eigenvalue weighted by Gasteiger charge is -2.25. The highest BCUT2D eigenvalue weighted by Crippen LogP contribution is 2.28. The van der Waals surface area contributed by atoms with Gasteiger partial charge in [-0.25, -0.2) is 8.42 Å². The number of hydrogen-bond acceptors (Lipinski definition) is 4. The summed E-state index contributed by atoms with van der Waals surface area (Å²) in [6.07, 6.45) is 1.13. The Morgan fingerprint density at radius 3 is 2.27 bits per heavy atom. The van der Waals surface area contributed by atoms with Gasteiger partial charge in [0.05, 0.1) is 36.3 Å². The van der Waals surface area contributed by atoms with Gasteiger partial charge in [-0.1, -0.05) is 54.6 Å². The van der Waals surface area contributed by atoms with Crippen LogP contribution in [0.1, 0.15) is 22.8 Å². The van der Waals surface area contributed by atoms with E-state index in [2.05, 4.69) is 5.32 Å². The molecule has 0 saturated carbocycles. The van der Waals surface area contributed by atoms with Crippen molar-refractivity contribution >= 4 is 27.3 Å². The van der Waals surface area contributed by atoms with Gasteiger partial charge in [-0.05, 0) is 36.8 Å². The van der Waals surface area contributed by atoms with Crippen molar-refractivity contribution in [2.45, 2.75) is 13.5 Å². The molecule has 0 saturated heterocycles. The average molecular weight is 425 g/mol. The van der Waals surface area contributed by atoms with Crippen LogP contribution in [-0.2, 0) is 16.6 Å². The Morgan fingerprint density at radius 2 is 1.57 bits per heavy atom. The normalized spacial score (nSPS) is 11.0. The van der Waals surface area contributed by atoms with Crippen LogP contribution in [0.3, 0.4) is 0 Å². The van der Waals surface area contributed by atoms with Crippen LogP contribution < -0.4 is 14.4 Å². The van der Waals surface area contributed by atoms with Gasteiger partial charge in [-0.2, -0.15) is 0 Å². The molecule has 1 amide bonds. The Balaban J connectivity index is 1.97. The molecule has 0 aliphatic rings. The second-order valence-corrected chi connectivity index (χ2v) is 8.56. The van der Waals surface area contributed by atoms with E-state index in [-0.39, 0.29) is 12.1 Å². The maximum absolute atomic E-state index is 13.1. The molecule has 156 valence electrons. The van der Waals surface area contributed by atoms with Gasteiger partial charge < -0.3 is 10.1 Å². The summed E-state index contributed by atoms with van der Waals surface area (Å²) >= 11 is 0. The van der Waals surface area contributed by atoms with Crippen LogP contribution in [0.5, 0.6) is 5.75 Å². The summed E-state index contributed by atoms with van der Waals surface area (Å²) in [4.78, 5) is 13.1. The second kappa shape index (κ2) is 9.45. The predicted octanol–water partition coefficient (Wildman–Crippen LogP) is 4.30. The third-order valence-electron chi connectivity index (χ3n) is 4.42. The number of rotatable bonds is 8. The molecule has 0 aliphatic heterocycles. The number of carbonyl (C=O) groups excluding carboxylic acids is 1. The average Bonchev–Trinajstić information content (AvgIpc) is 2.73. The van der Waals surface area contributed by atoms with Crippen LogP contribution in [-0.4, -0.2) is 27.2 Å². The number of nitrogens with zero attached hydrogens (tertiary/aromatic N) is 1. The number of sulfonamides is 1. The minimum absolute atomic E-state index is 0.125. The minimum Gasteiger partial charge on any atom is -0.492 e. The van der Waals surface area contributed by atoms with Crippen molar-refractivity contribution in [1.29, 1.82) is 0 Å². The van der Waals surface area contributed by atoms with Gasteiger partial charge >= 0.3 is 0 Å². The van der Waals surface area contributed by atoms with Gasteiger partial charge in [0, 0.05) is 0 Å². The molecule has 3 aromatic carbocycles. The molecule has 3 rings (SSSR count). The lowest BCUT2D eigenvalue weighted by atomic mass is 10.1. The fourth-order valence-electron chi connectivity index (χ4n) is 3.05. The highest BCUT2D eigenvalue weighted by atomic mass is 32.2. The summed E-state index contributed by atoms with van der Waals surface area (Å²) in [6, 6.07) is 23.0. The number of amides is 1. The number of hydrogen-bond donors (Lipinski definition) is 1. The van der Waals surface area contributed by atoms with E-state index in [1.54, 1.807) is 42.5 Å². The van der Waals surface area contributed by atoms with Crippen LogP contribution in [0.25, 0.3) is 0 Å². The second-order valence-electron chi connectivity index (χ2n) is 6.66. The third-order valence-corrected chi connectivity index (χ3v) is 5.55. The van der Waals surface area contributed by atoms with E-state index < -0.39 is 15.9 Å². The van der Waals surface area contributed by atoms with Crippen LogP contribution >= 0.6 is 0 Å². The molecule has 7 heteroatoms. The maximum Gasteiger partial charge on any atom is 0.257 e. The molecule has 0 heterocycles. The van der Waals surface area contributed by atoms with Gasteiger partial charge in [0.25, 0.3) is 5.91 Å². The molecule has 0 unspecified atom stereocenters. The molecule has 0 fully saturated rings. The molecule has 6 nitrogen and oxygen atoms in total. The number of anilines is 2. The van der Waals surface area contributed by atoms with Gasteiger partial charge in [0.15, 0.2) is 0 Å². The first-order valence-electron chi connectivity index (χ1n) is 9.54. The number of nitrogens with one attached hydrogen (secondary N) is 1. The lowest BCUT2D eigenvalue weighted by Crippen LogP contribution is -2.31. The van der Waals surface area contributed by atoms with E-state index in [1.807, 2.05) is 43.3 Å². The molecular weight excluding hydrogens is 400 g/mol. The van der Waals surface area contributed by atoms with Gasteiger partial charge in [0.2, 0.25) is 10.0 Å². The smallest absolute Gasteiger partial charge is 0.257 e. The number of para-hydroxylation sites is 3. The van der Waals surface area contributed by atoms with Gasteiger partial charge in [-0.3, -0.25) is 9.10 Å². The number of benzene rings is 3. The molecule has 30 heavy (non-hydrogen) atoms.